The Hall–Kier alpha value is -5.32. The van der Waals surface area contributed by atoms with Crippen LogP contribution in [0.15, 0.2) is 97.3 Å². The molecule has 6 aromatic rings. The van der Waals surface area contributed by atoms with Gasteiger partial charge in [-0.15, -0.1) is 0 Å². The molecule has 10 heteroatoms. The molecule has 0 unspecified atom stereocenters. The quantitative estimate of drug-likeness (QED) is 0.0883. The van der Waals surface area contributed by atoms with Crippen LogP contribution < -0.4 is 10.6 Å². The van der Waals surface area contributed by atoms with Crippen LogP contribution in [0.3, 0.4) is 0 Å². The highest BCUT2D eigenvalue weighted by atomic mass is 19.1. The van der Waals surface area contributed by atoms with Crippen molar-refractivity contribution in [3.8, 4) is 0 Å². The number of carbonyl (C=O) groups excluding carboxylic acids is 2. The first-order valence-electron chi connectivity index (χ1n) is 20.2. The lowest BCUT2D eigenvalue weighted by Crippen LogP contribution is -2.34. The highest BCUT2D eigenvalue weighted by molar-refractivity contribution is 6.06. The van der Waals surface area contributed by atoms with Crippen molar-refractivity contribution >= 4 is 45.0 Å². The van der Waals surface area contributed by atoms with Crippen LogP contribution in [0.25, 0.3) is 21.8 Å². The second kappa shape index (κ2) is 17.2. The Balaban J connectivity index is 0.730. The number of unbranched alkanes of at least 4 members (excludes halogenated alkanes) is 3. The largest absolute Gasteiger partial charge is 0.361 e. The lowest BCUT2D eigenvalue weighted by molar-refractivity contribution is 0.101. The van der Waals surface area contributed by atoms with Gasteiger partial charge >= 0.3 is 0 Å². The average molecular weight is 757 g/mol. The third-order valence-electron chi connectivity index (χ3n) is 11.9. The molecule has 2 amide bonds. The third kappa shape index (κ3) is 8.87. The minimum Gasteiger partial charge on any atom is -0.361 e. The molecule has 4 N–H and O–H groups in total. The van der Waals surface area contributed by atoms with Crippen LogP contribution in [0.1, 0.15) is 95.0 Å². The van der Waals surface area contributed by atoms with Gasteiger partial charge in [0.2, 0.25) is 0 Å². The molecule has 0 atom stereocenters. The molecule has 2 aliphatic rings. The summed E-state index contributed by atoms with van der Waals surface area (Å²) in [6, 6.07) is 23.2. The van der Waals surface area contributed by atoms with Gasteiger partial charge in [0, 0.05) is 56.7 Å². The van der Waals surface area contributed by atoms with Crippen molar-refractivity contribution in [1.82, 2.24) is 19.8 Å². The number of nitrogens with one attached hydrogen (secondary N) is 4. The molecular formula is C46H50F2N6O2. The van der Waals surface area contributed by atoms with Crippen molar-refractivity contribution < 1.29 is 18.4 Å². The molecule has 0 bridgehead atoms. The third-order valence-corrected chi connectivity index (χ3v) is 11.9. The van der Waals surface area contributed by atoms with Gasteiger partial charge in [-0.05, 0) is 186 Å². The van der Waals surface area contributed by atoms with Crippen molar-refractivity contribution in [3.63, 3.8) is 0 Å². The van der Waals surface area contributed by atoms with Gasteiger partial charge in [0.25, 0.3) is 11.8 Å². The van der Waals surface area contributed by atoms with Crippen LogP contribution in [-0.2, 0) is 0 Å². The van der Waals surface area contributed by atoms with E-state index in [0.29, 0.717) is 23.0 Å². The second-order valence-corrected chi connectivity index (χ2v) is 15.6. The van der Waals surface area contributed by atoms with Gasteiger partial charge in [-0.3, -0.25) is 9.59 Å². The smallest absolute Gasteiger partial charge is 0.255 e. The van der Waals surface area contributed by atoms with Gasteiger partial charge in [-0.2, -0.15) is 0 Å². The molecule has 4 aromatic carbocycles. The molecule has 290 valence electrons. The Morgan fingerprint density at radius 3 is 1.34 bits per heavy atom. The predicted octanol–water partition coefficient (Wildman–Crippen LogP) is 10.1. The maximum Gasteiger partial charge on any atom is 0.255 e. The Morgan fingerprint density at radius 2 is 0.946 bits per heavy atom. The number of nitrogens with zero attached hydrogens (tertiary/aromatic N) is 2. The van der Waals surface area contributed by atoms with Crippen LogP contribution in [0.5, 0.6) is 0 Å². The van der Waals surface area contributed by atoms with E-state index in [-0.39, 0.29) is 23.4 Å². The SMILES string of the molecule is O=C(Nc1ccc2[nH]cc(C3CCN(CCCCCCN4CCC(c5c[nH]c6ccc(NC(=O)c7ccc(F)cc7)cc56)CC4)CC3)c2c1)c1ccc(F)cc1. The summed E-state index contributed by atoms with van der Waals surface area (Å²) in [6.07, 6.45) is 13.8. The minimum atomic E-state index is -0.359. The van der Waals surface area contributed by atoms with E-state index in [4.69, 9.17) is 0 Å². The Morgan fingerprint density at radius 1 is 0.554 bits per heavy atom. The number of benzene rings is 4. The van der Waals surface area contributed by atoms with E-state index in [9.17, 15) is 18.4 Å². The number of piperidine rings is 2. The molecule has 2 aliphatic heterocycles. The number of H-pyrrole nitrogens is 2. The zero-order chi connectivity index (χ0) is 38.4. The number of likely N-dealkylation sites (tertiary alicyclic amines) is 2. The highest BCUT2D eigenvalue weighted by Crippen LogP contribution is 2.36. The molecule has 4 heterocycles. The van der Waals surface area contributed by atoms with Gasteiger partial charge in [0.1, 0.15) is 11.6 Å². The van der Waals surface area contributed by atoms with Crippen LogP contribution in [0.4, 0.5) is 20.2 Å². The van der Waals surface area contributed by atoms with Gasteiger partial charge in [-0.25, -0.2) is 8.78 Å². The molecule has 2 aromatic heterocycles. The summed E-state index contributed by atoms with van der Waals surface area (Å²) < 4.78 is 26.6. The van der Waals surface area contributed by atoms with Gasteiger partial charge < -0.3 is 30.4 Å². The first-order valence-corrected chi connectivity index (χ1v) is 20.2. The molecule has 2 saturated heterocycles. The second-order valence-electron chi connectivity index (χ2n) is 15.6. The Kier molecular flexibility index (Phi) is 11.6. The zero-order valence-electron chi connectivity index (χ0n) is 31.8. The Labute approximate surface area is 326 Å². The van der Waals surface area contributed by atoms with Crippen LogP contribution in [0.2, 0.25) is 0 Å². The number of aromatic amines is 2. The monoisotopic (exact) mass is 756 g/mol. The standard InChI is InChI=1S/C46H50F2N6O2/c47-35-9-5-33(6-10-35)45(55)51-37-13-15-43-39(27-37)41(29-49-43)31-17-23-53(24-18-31)21-3-1-2-4-22-54-25-19-32(20-26-54)42-30-50-44-16-14-38(28-40(42)44)52-46(56)34-7-11-36(48)12-8-34/h5-16,27-32,49-50H,1-4,17-26H2,(H,51,55)(H,52,56). The maximum absolute atomic E-state index is 13.3. The van der Waals surface area contributed by atoms with E-state index < -0.39 is 0 Å². The summed E-state index contributed by atoms with van der Waals surface area (Å²) in [5, 5.41) is 8.26. The summed E-state index contributed by atoms with van der Waals surface area (Å²) in [5.74, 6) is -0.234. The van der Waals surface area contributed by atoms with E-state index in [1.165, 1.54) is 85.3 Å². The van der Waals surface area contributed by atoms with Crippen molar-refractivity contribution in [2.24, 2.45) is 0 Å². The number of aromatic nitrogens is 2. The van der Waals surface area contributed by atoms with Crippen molar-refractivity contribution in [2.45, 2.75) is 63.2 Å². The number of rotatable bonds is 13. The fraction of sp³-hybridized carbons (Fsp3) is 0.348. The lowest BCUT2D eigenvalue weighted by atomic mass is 9.89. The number of carbonyl (C=O) groups is 2. The van der Waals surface area contributed by atoms with Crippen LogP contribution >= 0.6 is 0 Å². The summed E-state index contributed by atoms with van der Waals surface area (Å²) in [4.78, 5) is 37.5. The van der Waals surface area contributed by atoms with E-state index in [1.807, 2.05) is 24.3 Å². The normalized spacial score (nSPS) is 16.1. The number of hydrogen-bond acceptors (Lipinski definition) is 4. The molecule has 8 rings (SSSR count). The summed E-state index contributed by atoms with van der Waals surface area (Å²) in [5.41, 5.74) is 7.13. The molecule has 0 radical (unpaired) electrons. The van der Waals surface area contributed by atoms with Crippen molar-refractivity contribution in [1.29, 1.82) is 0 Å². The molecule has 2 fully saturated rings. The van der Waals surface area contributed by atoms with Crippen molar-refractivity contribution in [3.05, 3.63) is 131 Å². The first kappa shape index (κ1) is 37.6. The first-order chi connectivity index (χ1) is 27.4. The van der Waals surface area contributed by atoms with E-state index in [0.717, 1.165) is 98.1 Å². The molecule has 0 spiro atoms. The van der Waals surface area contributed by atoms with E-state index in [2.05, 4.69) is 54.9 Å². The molecular weight excluding hydrogens is 707 g/mol. The summed E-state index contributed by atoms with van der Waals surface area (Å²) in [6.45, 7) is 6.75. The predicted molar refractivity (Wildman–Crippen MR) is 221 cm³/mol. The lowest BCUT2D eigenvalue weighted by Gasteiger charge is -2.32. The van der Waals surface area contributed by atoms with Gasteiger partial charge in [0.15, 0.2) is 0 Å². The highest BCUT2D eigenvalue weighted by Gasteiger charge is 2.24. The molecule has 8 nitrogen and oxygen atoms in total. The zero-order valence-corrected chi connectivity index (χ0v) is 31.8. The maximum atomic E-state index is 13.3. The van der Waals surface area contributed by atoms with E-state index >= 15 is 0 Å². The summed E-state index contributed by atoms with van der Waals surface area (Å²) in [7, 11) is 0. The van der Waals surface area contributed by atoms with Crippen LogP contribution in [-0.4, -0.2) is 70.9 Å². The number of fused-ring (bicyclic) bond motifs is 2. The molecule has 0 saturated carbocycles. The number of amides is 2. The topological polar surface area (TPSA) is 96.3 Å². The molecule has 0 aliphatic carbocycles. The Bertz CT molecular complexity index is 2100. The van der Waals surface area contributed by atoms with Gasteiger partial charge in [0.05, 0.1) is 0 Å². The number of anilines is 2. The summed E-state index contributed by atoms with van der Waals surface area (Å²) >= 11 is 0. The fourth-order valence-corrected chi connectivity index (χ4v) is 8.68. The number of hydrogen-bond donors (Lipinski definition) is 4. The van der Waals surface area contributed by atoms with E-state index in [1.54, 1.807) is 0 Å². The van der Waals surface area contributed by atoms with Crippen LogP contribution in [0, 0.1) is 11.6 Å². The fourth-order valence-electron chi connectivity index (χ4n) is 8.68. The molecule has 56 heavy (non-hydrogen) atoms. The van der Waals surface area contributed by atoms with Gasteiger partial charge in [-0.1, -0.05) is 12.8 Å². The van der Waals surface area contributed by atoms with Crippen molar-refractivity contribution in [2.75, 3.05) is 49.9 Å². The average Bonchev–Trinajstić information content (AvgIpc) is 3.84. The number of halogens is 2. The minimum absolute atomic E-state index is 0.246.